The van der Waals surface area contributed by atoms with Crippen molar-refractivity contribution >= 4 is 16.2 Å². The second-order valence-electron chi connectivity index (χ2n) is 5.18. The van der Waals surface area contributed by atoms with Crippen LogP contribution < -0.4 is 5.32 Å². The first-order chi connectivity index (χ1) is 9.60. The molecule has 126 valence electrons. The van der Waals surface area contributed by atoms with E-state index in [1.165, 1.54) is 0 Å². The highest BCUT2D eigenvalue weighted by atomic mass is 32.2. The van der Waals surface area contributed by atoms with E-state index in [2.05, 4.69) is 9.50 Å². The van der Waals surface area contributed by atoms with Crippen molar-refractivity contribution in [2.24, 2.45) is 0 Å². The lowest BCUT2D eigenvalue weighted by Crippen LogP contribution is -2.34. The van der Waals surface area contributed by atoms with Gasteiger partial charge >= 0.3 is 6.09 Å². The highest BCUT2D eigenvalue weighted by Crippen LogP contribution is 2.05. The predicted molar refractivity (Wildman–Crippen MR) is 76.7 cm³/mol. The predicted octanol–water partition coefficient (Wildman–Crippen LogP) is 0.521. The van der Waals surface area contributed by atoms with Crippen molar-refractivity contribution < 1.29 is 31.6 Å². The van der Waals surface area contributed by atoms with E-state index in [1.807, 2.05) is 0 Å². The summed E-state index contributed by atoms with van der Waals surface area (Å²) in [5.41, 5.74) is -0.521. The van der Waals surface area contributed by atoms with Gasteiger partial charge in [0.1, 0.15) is 5.60 Å². The van der Waals surface area contributed by atoms with E-state index in [0.717, 1.165) is 6.26 Å². The number of rotatable bonds is 10. The molecular weight excluding hydrogens is 302 g/mol. The van der Waals surface area contributed by atoms with Crippen molar-refractivity contribution in [3.05, 3.63) is 0 Å². The summed E-state index contributed by atoms with van der Waals surface area (Å²) in [6.07, 6.45) is 0.494. The largest absolute Gasteiger partial charge is 0.444 e. The van der Waals surface area contributed by atoms with Gasteiger partial charge < -0.3 is 19.5 Å². The first-order valence-electron chi connectivity index (χ1n) is 6.57. The van der Waals surface area contributed by atoms with Gasteiger partial charge in [0.25, 0.3) is 10.1 Å². The number of amides is 1. The Balaban J connectivity index is 3.32. The van der Waals surface area contributed by atoms with E-state index in [4.69, 9.17) is 14.2 Å². The SMILES string of the molecule is CC(C)(C)OC(=O)NCCOCCOCCOS(C)(=O)=O. The Morgan fingerprint density at radius 2 is 1.52 bits per heavy atom. The van der Waals surface area contributed by atoms with Crippen LogP contribution in [0.15, 0.2) is 0 Å². The summed E-state index contributed by atoms with van der Waals surface area (Å²) < 4.78 is 41.1. The lowest BCUT2D eigenvalue weighted by Gasteiger charge is -2.19. The molecule has 1 amide bonds. The maximum absolute atomic E-state index is 11.3. The number of carbonyl (C=O) groups is 1. The second-order valence-corrected chi connectivity index (χ2v) is 6.82. The fourth-order valence-electron chi connectivity index (χ4n) is 1.11. The third-order valence-corrected chi connectivity index (χ3v) is 2.41. The number of alkyl carbamates (subject to hydrolysis) is 1. The van der Waals surface area contributed by atoms with E-state index in [0.29, 0.717) is 26.4 Å². The third-order valence-electron chi connectivity index (χ3n) is 1.81. The van der Waals surface area contributed by atoms with Crippen LogP contribution in [0.25, 0.3) is 0 Å². The van der Waals surface area contributed by atoms with Gasteiger partial charge in [0.15, 0.2) is 0 Å². The Kier molecular flexibility index (Phi) is 9.51. The van der Waals surface area contributed by atoms with E-state index >= 15 is 0 Å². The minimum absolute atomic E-state index is 0.0148. The first kappa shape index (κ1) is 20.1. The Morgan fingerprint density at radius 3 is 2.05 bits per heavy atom. The molecule has 0 saturated heterocycles. The lowest BCUT2D eigenvalue weighted by atomic mass is 10.2. The third kappa shape index (κ3) is 17.0. The highest BCUT2D eigenvalue weighted by molar-refractivity contribution is 7.85. The molecule has 21 heavy (non-hydrogen) atoms. The van der Waals surface area contributed by atoms with Gasteiger partial charge in [-0.2, -0.15) is 8.42 Å². The van der Waals surface area contributed by atoms with Crippen LogP contribution in [0.2, 0.25) is 0 Å². The van der Waals surface area contributed by atoms with Gasteiger partial charge in [0, 0.05) is 6.54 Å². The van der Waals surface area contributed by atoms with Crippen molar-refractivity contribution in [2.45, 2.75) is 26.4 Å². The van der Waals surface area contributed by atoms with Gasteiger partial charge in [-0.15, -0.1) is 0 Å². The van der Waals surface area contributed by atoms with Gasteiger partial charge in [0.05, 0.1) is 39.3 Å². The molecule has 0 unspecified atom stereocenters. The van der Waals surface area contributed by atoms with Crippen LogP contribution in [0, 0.1) is 0 Å². The van der Waals surface area contributed by atoms with Crippen LogP contribution in [0.5, 0.6) is 0 Å². The van der Waals surface area contributed by atoms with Crippen LogP contribution in [0.3, 0.4) is 0 Å². The Bertz CT molecular complexity index is 389. The van der Waals surface area contributed by atoms with Crippen LogP contribution in [-0.4, -0.2) is 65.9 Å². The molecule has 0 radical (unpaired) electrons. The second kappa shape index (κ2) is 9.93. The number of ether oxygens (including phenoxy) is 3. The summed E-state index contributed by atoms with van der Waals surface area (Å²) in [7, 11) is -3.41. The van der Waals surface area contributed by atoms with E-state index in [1.54, 1.807) is 20.8 Å². The molecule has 0 saturated carbocycles. The van der Waals surface area contributed by atoms with Crippen LogP contribution >= 0.6 is 0 Å². The zero-order valence-electron chi connectivity index (χ0n) is 13.0. The average Bonchev–Trinajstić information content (AvgIpc) is 2.27. The Morgan fingerprint density at radius 1 is 1.00 bits per heavy atom. The Labute approximate surface area is 126 Å². The summed E-state index contributed by atoms with van der Waals surface area (Å²) in [4.78, 5) is 11.3. The molecule has 9 heteroatoms. The van der Waals surface area contributed by atoms with Crippen LogP contribution in [0.4, 0.5) is 4.79 Å². The standard InChI is InChI=1S/C12H25NO7S/c1-12(2,3)20-11(14)13-5-6-17-7-8-18-9-10-19-21(4,15)16/h5-10H2,1-4H3,(H,13,14). The molecule has 0 aliphatic rings. The number of hydrogen-bond acceptors (Lipinski definition) is 7. The molecule has 1 N–H and O–H groups in total. The molecule has 0 fully saturated rings. The lowest BCUT2D eigenvalue weighted by molar-refractivity contribution is 0.0333. The molecule has 0 bridgehead atoms. The van der Waals surface area contributed by atoms with Gasteiger partial charge in [-0.3, -0.25) is 4.18 Å². The number of nitrogens with one attached hydrogen (secondary N) is 1. The molecule has 0 aliphatic carbocycles. The maximum Gasteiger partial charge on any atom is 0.407 e. The topological polar surface area (TPSA) is 100 Å². The molecule has 0 aromatic carbocycles. The summed E-state index contributed by atoms with van der Waals surface area (Å²) in [6, 6.07) is 0. The minimum atomic E-state index is -3.41. The van der Waals surface area contributed by atoms with Crippen molar-refractivity contribution in [3.63, 3.8) is 0 Å². The van der Waals surface area contributed by atoms with Crippen molar-refractivity contribution in [1.82, 2.24) is 5.32 Å². The van der Waals surface area contributed by atoms with Gasteiger partial charge in [-0.1, -0.05) is 0 Å². The Hall–Kier alpha value is -0.900. The quantitative estimate of drug-likeness (QED) is 0.461. The maximum atomic E-state index is 11.3. The molecule has 0 spiro atoms. The van der Waals surface area contributed by atoms with Crippen LogP contribution in [-0.2, 0) is 28.5 Å². The normalized spacial score (nSPS) is 12.2. The summed E-state index contributed by atoms with van der Waals surface area (Å²) in [5, 5.41) is 2.55. The molecule has 0 aliphatic heterocycles. The summed E-state index contributed by atoms with van der Waals surface area (Å²) >= 11 is 0. The smallest absolute Gasteiger partial charge is 0.407 e. The molecule has 0 rings (SSSR count). The fraction of sp³-hybridized carbons (Fsp3) is 0.917. The highest BCUT2D eigenvalue weighted by Gasteiger charge is 2.15. The van der Waals surface area contributed by atoms with E-state index in [9.17, 15) is 13.2 Å². The first-order valence-corrected chi connectivity index (χ1v) is 8.38. The number of carbonyl (C=O) groups excluding carboxylic acids is 1. The molecule has 8 nitrogen and oxygen atoms in total. The zero-order valence-corrected chi connectivity index (χ0v) is 13.8. The van der Waals surface area contributed by atoms with Gasteiger partial charge in [-0.05, 0) is 20.8 Å². The van der Waals surface area contributed by atoms with Crippen molar-refractivity contribution in [2.75, 3.05) is 45.8 Å². The molecule has 0 heterocycles. The van der Waals surface area contributed by atoms with Crippen molar-refractivity contribution in [1.29, 1.82) is 0 Å². The molecule has 0 aromatic rings. The fourth-order valence-corrected chi connectivity index (χ4v) is 1.48. The zero-order chi connectivity index (χ0) is 16.4. The van der Waals surface area contributed by atoms with Crippen LogP contribution in [0.1, 0.15) is 20.8 Å². The van der Waals surface area contributed by atoms with E-state index in [-0.39, 0.29) is 13.2 Å². The number of hydrogen-bond donors (Lipinski definition) is 1. The summed E-state index contributed by atoms with van der Waals surface area (Å²) in [6.45, 7) is 6.85. The molecule has 0 atom stereocenters. The molecular formula is C12H25NO7S. The van der Waals surface area contributed by atoms with Gasteiger partial charge in [-0.25, -0.2) is 4.79 Å². The monoisotopic (exact) mass is 327 g/mol. The molecule has 0 aromatic heterocycles. The van der Waals surface area contributed by atoms with E-state index < -0.39 is 21.8 Å². The van der Waals surface area contributed by atoms with Crippen molar-refractivity contribution in [3.8, 4) is 0 Å². The average molecular weight is 327 g/mol. The van der Waals surface area contributed by atoms with Gasteiger partial charge in [0.2, 0.25) is 0 Å². The minimum Gasteiger partial charge on any atom is -0.444 e. The summed E-state index contributed by atoms with van der Waals surface area (Å²) in [5.74, 6) is 0.